The van der Waals surface area contributed by atoms with Crippen molar-refractivity contribution in [2.24, 2.45) is 11.8 Å². The van der Waals surface area contributed by atoms with Crippen LogP contribution in [0.1, 0.15) is 46.0 Å². The van der Waals surface area contributed by atoms with Crippen LogP contribution in [-0.4, -0.2) is 37.5 Å². The molecule has 0 radical (unpaired) electrons. The van der Waals surface area contributed by atoms with Crippen LogP contribution in [0, 0.1) is 11.8 Å². The van der Waals surface area contributed by atoms with E-state index in [1.54, 1.807) is 0 Å². The zero-order chi connectivity index (χ0) is 12.7. The van der Waals surface area contributed by atoms with Crippen LogP contribution in [0.15, 0.2) is 0 Å². The molecule has 3 heteroatoms. The summed E-state index contributed by atoms with van der Waals surface area (Å²) in [7, 11) is 2.00. The van der Waals surface area contributed by atoms with Gasteiger partial charge in [0.25, 0.3) is 0 Å². The highest BCUT2D eigenvalue weighted by molar-refractivity contribution is 5.76. The van der Waals surface area contributed by atoms with Crippen molar-refractivity contribution in [1.29, 1.82) is 0 Å². The number of amides is 1. The van der Waals surface area contributed by atoms with E-state index in [2.05, 4.69) is 24.1 Å². The fraction of sp³-hybridized carbons (Fsp3) is 0.929. The molecule has 1 unspecified atom stereocenters. The zero-order valence-electron chi connectivity index (χ0n) is 11.7. The van der Waals surface area contributed by atoms with Crippen molar-refractivity contribution in [2.75, 3.05) is 26.7 Å². The van der Waals surface area contributed by atoms with Gasteiger partial charge in [-0.05, 0) is 44.7 Å². The molecule has 100 valence electrons. The van der Waals surface area contributed by atoms with Gasteiger partial charge in [-0.3, -0.25) is 4.79 Å². The van der Waals surface area contributed by atoms with Crippen LogP contribution in [-0.2, 0) is 4.79 Å². The summed E-state index contributed by atoms with van der Waals surface area (Å²) in [6.45, 7) is 7.37. The molecule has 1 aliphatic heterocycles. The van der Waals surface area contributed by atoms with E-state index in [1.165, 1.54) is 19.3 Å². The predicted molar refractivity (Wildman–Crippen MR) is 71.9 cm³/mol. The van der Waals surface area contributed by atoms with E-state index in [-0.39, 0.29) is 0 Å². The van der Waals surface area contributed by atoms with Crippen molar-refractivity contribution in [1.82, 2.24) is 10.2 Å². The highest BCUT2D eigenvalue weighted by atomic mass is 16.2. The number of carbonyl (C=O) groups excluding carboxylic acids is 1. The van der Waals surface area contributed by atoms with Gasteiger partial charge in [-0.2, -0.15) is 0 Å². The first-order valence-electron chi connectivity index (χ1n) is 7.09. The predicted octanol–water partition coefficient (Wildman–Crippen LogP) is 2.27. The standard InChI is InChI=1S/C14H28N2O/c1-4-12(2)11-14(17)16-9-6-13(7-10-16)5-8-15-3/h12-13,15H,4-11H2,1-3H3. The second kappa shape index (κ2) is 7.70. The largest absolute Gasteiger partial charge is 0.343 e. The normalized spacial score (nSPS) is 19.4. The summed E-state index contributed by atoms with van der Waals surface area (Å²) >= 11 is 0. The Morgan fingerprint density at radius 3 is 2.59 bits per heavy atom. The molecule has 1 N–H and O–H groups in total. The summed E-state index contributed by atoms with van der Waals surface area (Å²) in [6.07, 6.45) is 5.47. The molecule has 1 atom stereocenters. The molecule has 0 aromatic rings. The molecular formula is C14H28N2O. The fourth-order valence-electron chi connectivity index (χ4n) is 2.39. The molecule has 1 rings (SSSR count). The summed E-state index contributed by atoms with van der Waals surface area (Å²) in [5.74, 6) is 1.71. The number of carbonyl (C=O) groups is 1. The number of piperidine rings is 1. The Bertz CT molecular complexity index is 222. The Kier molecular flexibility index (Phi) is 6.56. The van der Waals surface area contributed by atoms with Crippen LogP contribution in [0.5, 0.6) is 0 Å². The molecule has 0 spiro atoms. The van der Waals surface area contributed by atoms with Crippen molar-refractivity contribution >= 4 is 5.91 Å². The lowest BCUT2D eigenvalue weighted by atomic mass is 9.93. The van der Waals surface area contributed by atoms with Crippen molar-refractivity contribution < 1.29 is 4.79 Å². The quantitative estimate of drug-likeness (QED) is 0.772. The second-order valence-electron chi connectivity index (χ2n) is 5.43. The first-order valence-corrected chi connectivity index (χ1v) is 7.09. The second-order valence-corrected chi connectivity index (χ2v) is 5.43. The smallest absolute Gasteiger partial charge is 0.222 e. The fourth-order valence-corrected chi connectivity index (χ4v) is 2.39. The van der Waals surface area contributed by atoms with E-state index in [9.17, 15) is 4.79 Å². The molecule has 0 aromatic carbocycles. The summed E-state index contributed by atoms with van der Waals surface area (Å²) in [5.41, 5.74) is 0. The summed E-state index contributed by atoms with van der Waals surface area (Å²) < 4.78 is 0. The maximum Gasteiger partial charge on any atom is 0.222 e. The number of hydrogen-bond acceptors (Lipinski definition) is 2. The number of rotatable bonds is 6. The molecule has 1 amide bonds. The highest BCUT2D eigenvalue weighted by Crippen LogP contribution is 2.21. The first-order chi connectivity index (χ1) is 8.17. The molecule has 0 aliphatic carbocycles. The average molecular weight is 240 g/mol. The van der Waals surface area contributed by atoms with E-state index in [1.807, 2.05) is 7.05 Å². The van der Waals surface area contributed by atoms with Crippen molar-refractivity contribution in [3.05, 3.63) is 0 Å². The third-order valence-corrected chi connectivity index (χ3v) is 3.99. The van der Waals surface area contributed by atoms with Gasteiger partial charge in [0, 0.05) is 19.5 Å². The van der Waals surface area contributed by atoms with Crippen LogP contribution < -0.4 is 5.32 Å². The van der Waals surface area contributed by atoms with Crippen LogP contribution in [0.3, 0.4) is 0 Å². The van der Waals surface area contributed by atoms with Gasteiger partial charge in [-0.15, -0.1) is 0 Å². The van der Waals surface area contributed by atoms with E-state index >= 15 is 0 Å². The topological polar surface area (TPSA) is 32.3 Å². The molecule has 0 saturated carbocycles. The van der Waals surface area contributed by atoms with Crippen molar-refractivity contribution in [2.45, 2.75) is 46.0 Å². The van der Waals surface area contributed by atoms with Gasteiger partial charge in [0.05, 0.1) is 0 Å². The Morgan fingerprint density at radius 2 is 2.06 bits per heavy atom. The zero-order valence-corrected chi connectivity index (χ0v) is 11.7. The summed E-state index contributed by atoms with van der Waals surface area (Å²) in [5, 5.41) is 3.20. The monoisotopic (exact) mass is 240 g/mol. The molecule has 0 aromatic heterocycles. The molecule has 1 heterocycles. The first kappa shape index (κ1) is 14.5. The molecule has 1 saturated heterocycles. The van der Waals surface area contributed by atoms with E-state index in [0.717, 1.165) is 38.4 Å². The molecule has 1 aliphatic rings. The van der Waals surface area contributed by atoms with Gasteiger partial charge in [-0.25, -0.2) is 0 Å². The van der Waals surface area contributed by atoms with Gasteiger partial charge in [0.2, 0.25) is 5.91 Å². The average Bonchev–Trinajstić information content (AvgIpc) is 2.36. The maximum absolute atomic E-state index is 12.0. The number of hydrogen-bond donors (Lipinski definition) is 1. The van der Waals surface area contributed by atoms with Crippen LogP contribution >= 0.6 is 0 Å². The summed E-state index contributed by atoms with van der Waals surface area (Å²) in [4.78, 5) is 14.1. The van der Waals surface area contributed by atoms with Crippen LogP contribution in [0.4, 0.5) is 0 Å². The van der Waals surface area contributed by atoms with Crippen molar-refractivity contribution in [3.8, 4) is 0 Å². The van der Waals surface area contributed by atoms with E-state index in [4.69, 9.17) is 0 Å². The van der Waals surface area contributed by atoms with Crippen molar-refractivity contribution in [3.63, 3.8) is 0 Å². The third kappa shape index (κ3) is 5.07. The lowest BCUT2D eigenvalue weighted by molar-refractivity contribution is -0.133. The van der Waals surface area contributed by atoms with Crippen LogP contribution in [0.2, 0.25) is 0 Å². The SMILES string of the molecule is CCC(C)CC(=O)N1CCC(CCNC)CC1. The number of nitrogens with one attached hydrogen (secondary N) is 1. The van der Waals surface area contributed by atoms with Gasteiger partial charge >= 0.3 is 0 Å². The maximum atomic E-state index is 12.0. The molecule has 1 fully saturated rings. The molecular weight excluding hydrogens is 212 g/mol. The Balaban J connectivity index is 2.24. The van der Waals surface area contributed by atoms with E-state index in [0.29, 0.717) is 11.8 Å². The minimum atomic E-state index is 0.367. The Hall–Kier alpha value is -0.570. The summed E-state index contributed by atoms with van der Waals surface area (Å²) in [6, 6.07) is 0. The van der Waals surface area contributed by atoms with E-state index < -0.39 is 0 Å². The minimum Gasteiger partial charge on any atom is -0.343 e. The highest BCUT2D eigenvalue weighted by Gasteiger charge is 2.22. The molecule has 0 bridgehead atoms. The van der Waals surface area contributed by atoms with Gasteiger partial charge < -0.3 is 10.2 Å². The molecule has 17 heavy (non-hydrogen) atoms. The van der Waals surface area contributed by atoms with Gasteiger partial charge in [0.1, 0.15) is 0 Å². The van der Waals surface area contributed by atoms with Gasteiger partial charge in [0.15, 0.2) is 0 Å². The van der Waals surface area contributed by atoms with Gasteiger partial charge in [-0.1, -0.05) is 20.3 Å². The van der Waals surface area contributed by atoms with Crippen LogP contribution in [0.25, 0.3) is 0 Å². The Labute approximate surface area is 106 Å². The lowest BCUT2D eigenvalue weighted by Crippen LogP contribution is -2.39. The molecule has 3 nitrogen and oxygen atoms in total. The minimum absolute atomic E-state index is 0.367. The number of nitrogens with zero attached hydrogens (tertiary/aromatic N) is 1. The Morgan fingerprint density at radius 1 is 1.41 bits per heavy atom. The lowest BCUT2D eigenvalue weighted by Gasteiger charge is -2.32. The third-order valence-electron chi connectivity index (χ3n) is 3.99. The number of likely N-dealkylation sites (tertiary alicyclic amines) is 1.